The van der Waals surface area contributed by atoms with Crippen LogP contribution in [0.3, 0.4) is 0 Å². The minimum atomic E-state index is -1.40. The molecule has 36 heteroatoms. The van der Waals surface area contributed by atoms with Gasteiger partial charge in [-0.05, 0) is 78.6 Å². The highest BCUT2D eigenvalue weighted by molar-refractivity contribution is 5.88. The molecule has 0 aromatic heterocycles. The van der Waals surface area contributed by atoms with Gasteiger partial charge in [-0.2, -0.15) is 0 Å². The Morgan fingerprint density at radius 3 is 1.29 bits per heavy atom. The van der Waals surface area contributed by atoms with E-state index in [1.165, 1.54) is 11.8 Å². The summed E-state index contributed by atoms with van der Waals surface area (Å²) in [6.45, 7) is 9.20. The number of carbonyl (C=O) groups excluding carboxylic acids is 10. The van der Waals surface area contributed by atoms with Crippen molar-refractivity contribution in [2.24, 2.45) is 17.4 Å². The lowest BCUT2D eigenvalue weighted by atomic mass is 9.99. The summed E-state index contributed by atoms with van der Waals surface area (Å²) < 4.78 is 21.4. The van der Waals surface area contributed by atoms with Gasteiger partial charge in [-0.1, -0.05) is 40.0 Å². The number of ether oxygens (including phenoxy) is 4. The number of unbranched alkanes of at least 4 members (excludes halogenated alkanes) is 3. The van der Waals surface area contributed by atoms with Crippen molar-refractivity contribution in [2.75, 3.05) is 144 Å². The SMILES string of the molecule is CCC(C)=O.CCCC[C@H](NCC(C)=O)C(N)=O.CCNC(=O)[C@H](CCCCNC(=O)CC[C@@H](C(=O)O)N(CCN(CC(=O)O)CC(=O)O)CCN(CC(=O)O)CC(=O)O)NC(=O)CCCC(=O)NCCOCCOCC(=O)NCCOCCOCC(=O)NCCCC[C@H](CC)C(N)=O. The van der Waals surface area contributed by atoms with E-state index < -0.39 is 85.8 Å². The van der Waals surface area contributed by atoms with Gasteiger partial charge in [0.05, 0.1) is 78.4 Å². The zero-order valence-corrected chi connectivity index (χ0v) is 58.7. The molecular weight excluding hydrogens is 1310 g/mol. The fourth-order valence-electron chi connectivity index (χ4n) is 8.71. The molecule has 0 saturated carbocycles. The highest BCUT2D eigenvalue weighted by Gasteiger charge is 2.29. The lowest BCUT2D eigenvalue weighted by molar-refractivity contribution is -0.146. The van der Waals surface area contributed by atoms with Crippen molar-refractivity contribution in [3.8, 4) is 0 Å². The van der Waals surface area contributed by atoms with Crippen LogP contribution in [0.25, 0.3) is 0 Å². The molecule has 0 unspecified atom stereocenters. The molecule has 0 aliphatic rings. The molecule has 0 heterocycles. The Morgan fingerprint density at radius 2 is 0.869 bits per heavy atom. The number of Topliss-reactive ketones (excluding diaryl/α,β-unsaturated/α-hetero) is 2. The van der Waals surface area contributed by atoms with E-state index in [9.17, 15) is 97.5 Å². The number of carbonyl (C=O) groups is 15. The normalized spacial score (nSPS) is 12.1. The minimum Gasteiger partial charge on any atom is -0.480 e. The Labute approximate surface area is 579 Å². The van der Waals surface area contributed by atoms with Crippen molar-refractivity contribution < 1.29 is 116 Å². The molecule has 0 aliphatic carbocycles. The summed E-state index contributed by atoms with van der Waals surface area (Å²) in [4.78, 5) is 178. The second kappa shape index (κ2) is 62.4. The Hall–Kier alpha value is -7.87. The summed E-state index contributed by atoms with van der Waals surface area (Å²) in [5.41, 5.74) is 10.5. The zero-order valence-electron chi connectivity index (χ0n) is 58.7. The molecule has 4 atom stereocenters. The number of carboxylic acids is 5. The van der Waals surface area contributed by atoms with Gasteiger partial charge < -0.3 is 92.6 Å². The average Bonchev–Trinajstić information content (AvgIpc) is 0.892. The molecule has 36 nitrogen and oxygen atoms in total. The number of primary amides is 2. The number of rotatable bonds is 62. The van der Waals surface area contributed by atoms with Crippen molar-refractivity contribution in [2.45, 2.75) is 162 Å². The first-order valence-electron chi connectivity index (χ1n) is 33.5. The maximum absolute atomic E-state index is 12.9. The number of nitrogens with two attached hydrogens (primary N) is 2. The summed E-state index contributed by atoms with van der Waals surface area (Å²) in [6, 6.07) is -2.67. The number of nitrogens with one attached hydrogen (secondary N) is 7. The van der Waals surface area contributed by atoms with Crippen molar-refractivity contribution in [3.63, 3.8) is 0 Å². The van der Waals surface area contributed by atoms with Crippen LogP contribution < -0.4 is 48.7 Å². The minimum absolute atomic E-state index is 0.0164. The van der Waals surface area contributed by atoms with Crippen molar-refractivity contribution in [3.05, 3.63) is 0 Å². The first kappa shape index (κ1) is 95.3. The van der Waals surface area contributed by atoms with E-state index in [-0.39, 0.29) is 197 Å². The van der Waals surface area contributed by atoms with Crippen LogP contribution in [0, 0.1) is 5.92 Å². The van der Waals surface area contributed by atoms with E-state index in [1.807, 2.05) is 20.8 Å². The van der Waals surface area contributed by atoms with E-state index in [0.717, 1.165) is 35.5 Å². The van der Waals surface area contributed by atoms with Crippen molar-refractivity contribution >= 4 is 88.7 Å². The first-order valence-corrected chi connectivity index (χ1v) is 33.5. The molecule has 99 heavy (non-hydrogen) atoms. The van der Waals surface area contributed by atoms with Gasteiger partial charge in [0, 0.05) is 90.5 Å². The Bertz CT molecular complexity index is 2340. The zero-order chi connectivity index (χ0) is 75.3. The van der Waals surface area contributed by atoms with E-state index in [0.29, 0.717) is 51.6 Å². The molecule has 0 fully saturated rings. The number of nitrogens with zero attached hydrogens (tertiary/aromatic N) is 3. The maximum atomic E-state index is 12.9. The molecule has 16 N–H and O–H groups in total. The first-order chi connectivity index (χ1) is 46.9. The van der Waals surface area contributed by atoms with Gasteiger partial charge in [0.25, 0.3) is 0 Å². The third kappa shape index (κ3) is 61.0. The third-order valence-electron chi connectivity index (χ3n) is 14.1. The number of hydrogen-bond acceptors (Lipinski definition) is 23. The van der Waals surface area contributed by atoms with Crippen LogP contribution in [0.2, 0.25) is 0 Å². The summed E-state index contributed by atoms with van der Waals surface area (Å²) in [5, 5.41) is 66.0. The molecule has 0 bridgehead atoms. The van der Waals surface area contributed by atoms with Crippen LogP contribution >= 0.6 is 0 Å². The van der Waals surface area contributed by atoms with Gasteiger partial charge in [0.1, 0.15) is 36.9 Å². The van der Waals surface area contributed by atoms with E-state index >= 15 is 0 Å². The summed E-state index contributed by atoms with van der Waals surface area (Å²) in [7, 11) is 0. The molecule has 0 saturated heterocycles. The second-order valence-electron chi connectivity index (χ2n) is 22.8. The molecule has 8 amide bonds. The van der Waals surface area contributed by atoms with Gasteiger partial charge in [-0.15, -0.1) is 0 Å². The topological polar surface area (TPSA) is 540 Å². The second-order valence-corrected chi connectivity index (χ2v) is 22.8. The van der Waals surface area contributed by atoms with Crippen LogP contribution in [0.1, 0.15) is 144 Å². The van der Waals surface area contributed by atoms with Crippen LogP contribution in [0.4, 0.5) is 0 Å². The van der Waals surface area contributed by atoms with E-state index in [1.54, 1.807) is 13.8 Å². The van der Waals surface area contributed by atoms with Gasteiger partial charge in [-0.25, -0.2) is 0 Å². The third-order valence-corrected chi connectivity index (χ3v) is 14.1. The average molecular weight is 1420 g/mol. The number of ketones is 2. The highest BCUT2D eigenvalue weighted by atomic mass is 16.5. The summed E-state index contributed by atoms with van der Waals surface area (Å²) in [6.07, 6.45) is 6.74. The lowest BCUT2D eigenvalue weighted by Crippen LogP contribution is -2.50. The van der Waals surface area contributed by atoms with Gasteiger partial charge in [0.15, 0.2) is 0 Å². The maximum Gasteiger partial charge on any atom is 0.320 e. The Kier molecular flexibility index (Phi) is 60.1. The lowest BCUT2D eigenvalue weighted by Gasteiger charge is -2.32. The van der Waals surface area contributed by atoms with Gasteiger partial charge in [0.2, 0.25) is 47.3 Å². The molecule has 0 spiro atoms. The van der Waals surface area contributed by atoms with E-state index in [4.69, 9.17) is 30.4 Å². The summed E-state index contributed by atoms with van der Waals surface area (Å²) >= 11 is 0. The van der Waals surface area contributed by atoms with E-state index in [2.05, 4.69) is 37.2 Å². The largest absolute Gasteiger partial charge is 0.480 e. The number of amides is 8. The number of aliphatic carboxylic acids is 5. The number of likely N-dealkylation sites (N-methyl/N-ethyl adjacent to an activating group) is 1. The fraction of sp³-hybridized carbons (Fsp3) is 0.762. The number of hydrogen-bond donors (Lipinski definition) is 14. The van der Waals surface area contributed by atoms with Crippen LogP contribution in [-0.4, -0.2) is 292 Å². The monoisotopic (exact) mass is 1420 g/mol. The summed E-state index contributed by atoms with van der Waals surface area (Å²) in [5.74, 6) is -9.68. The van der Waals surface area contributed by atoms with Crippen LogP contribution in [0.15, 0.2) is 0 Å². The molecule has 0 rings (SSSR count). The predicted octanol–water partition coefficient (Wildman–Crippen LogP) is -2.17. The van der Waals surface area contributed by atoms with Crippen LogP contribution in [0.5, 0.6) is 0 Å². The number of carboxylic acid groups (broad SMARTS) is 5. The predicted molar refractivity (Wildman–Crippen MR) is 358 cm³/mol. The molecule has 0 aromatic rings. The molecule has 0 radical (unpaired) electrons. The Morgan fingerprint density at radius 1 is 0.434 bits per heavy atom. The Balaban J connectivity index is -0.00000444. The molecule has 0 aliphatic heterocycles. The van der Waals surface area contributed by atoms with Crippen molar-refractivity contribution in [1.82, 2.24) is 51.9 Å². The highest BCUT2D eigenvalue weighted by Crippen LogP contribution is 2.13. The quantitative estimate of drug-likeness (QED) is 0.0288. The molecule has 0 aromatic carbocycles. The van der Waals surface area contributed by atoms with Gasteiger partial charge >= 0.3 is 29.8 Å². The standard InChI is InChI=1S/C50H88N10O21.C9H18N2O2.C4H8O/c1-3-36(48(51)74)10-5-7-17-54-42(64)34-80-28-27-79-25-19-56-43(65)35-81-29-26-78-24-18-55-39(61)12-9-13-41(63)57-37(49(75)52-4-2)11-6-8-16-53-40(62)15-14-38(50(76)77)60(22-20-58(30-44(66)67)31-45(68)69)23-21-59(32-46(70)71)33-47(72)73;1-3-4-5-8(9(10)13)11-6-7(2)12;1-3-4(2)5/h36-38H,3-35H2,1-2H3,(H2,51,74)(H,52,75)(H,53,62)(H,54,64)(H,55,61)(H,56,65)(H,57,63)(H,66,67)(H,68,69)(H,70,71)(H,72,73)(H,76,77);8,11H,3-6H2,1-2H3,(H2,10,13);3H2,1-2H3/t36-,37-,38-;8-;/m00./s1. The van der Waals surface area contributed by atoms with Gasteiger partial charge in [-0.3, -0.25) is 87.1 Å². The fourth-order valence-corrected chi connectivity index (χ4v) is 8.71. The van der Waals surface area contributed by atoms with Crippen molar-refractivity contribution in [1.29, 1.82) is 0 Å². The van der Waals surface area contributed by atoms with Crippen LogP contribution in [-0.2, 0) is 90.9 Å². The molecular formula is C63H114N12O24. The molecule has 570 valence electrons. The smallest absolute Gasteiger partial charge is 0.320 e.